The lowest BCUT2D eigenvalue weighted by atomic mass is 10.0. The van der Waals surface area contributed by atoms with E-state index in [2.05, 4.69) is 21.0 Å². The molecule has 0 bridgehead atoms. The minimum atomic E-state index is -1.10. The van der Waals surface area contributed by atoms with E-state index in [9.17, 15) is 9.90 Å². The molecule has 0 saturated carbocycles. The molecular formula is C15H11BrN2O3. The number of halogens is 1. The Morgan fingerprint density at radius 3 is 2.67 bits per heavy atom. The average molecular weight is 347 g/mol. The molecule has 5 nitrogen and oxygen atoms in total. The molecule has 0 aliphatic heterocycles. The molecule has 2 N–H and O–H groups in total. The van der Waals surface area contributed by atoms with Crippen LogP contribution in [0.15, 0.2) is 40.9 Å². The van der Waals surface area contributed by atoms with Crippen LogP contribution in [-0.4, -0.2) is 26.0 Å². The Morgan fingerprint density at radius 1 is 1.24 bits per heavy atom. The second-order valence-electron chi connectivity index (χ2n) is 4.67. The van der Waals surface area contributed by atoms with E-state index >= 15 is 0 Å². The first-order valence-corrected chi connectivity index (χ1v) is 6.95. The molecule has 0 fully saturated rings. The van der Waals surface area contributed by atoms with Crippen LogP contribution < -0.4 is 0 Å². The highest BCUT2D eigenvalue weighted by molar-refractivity contribution is 9.10. The lowest BCUT2D eigenvalue weighted by Crippen LogP contribution is -1.99. The van der Waals surface area contributed by atoms with Gasteiger partial charge < -0.3 is 10.2 Å². The number of aryl methyl sites for hydroxylation is 1. The Balaban J connectivity index is 2.34. The highest BCUT2D eigenvalue weighted by Gasteiger charge is 2.17. The third-order valence-corrected chi connectivity index (χ3v) is 3.81. The van der Waals surface area contributed by atoms with Crippen molar-refractivity contribution in [1.82, 2.24) is 9.78 Å². The van der Waals surface area contributed by atoms with Crippen molar-refractivity contribution in [2.75, 3.05) is 0 Å². The molecular weight excluding hydrogens is 336 g/mol. The average Bonchev–Trinajstić information content (AvgIpc) is 2.81. The number of hydrogen-bond donors (Lipinski definition) is 2. The monoisotopic (exact) mass is 346 g/mol. The van der Waals surface area contributed by atoms with Crippen molar-refractivity contribution in [2.24, 2.45) is 7.05 Å². The normalized spacial score (nSPS) is 11.0. The van der Waals surface area contributed by atoms with E-state index in [0.717, 1.165) is 15.2 Å². The van der Waals surface area contributed by atoms with Crippen molar-refractivity contribution in [3.63, 3.8) is 0 Å². The van der Waals surface area contributed by atoms with Crippen LogP contribution in [0.4, 0.5) is 0 Å². The number of hydrogen-bond acceptors (Lipinski definition) is 3. The predicted octanol–water partition coefficient (Wildman–Crippen LogP) is 3.41. The third-order valence-electron chi connectivity index (χ3n) is 3.31. The maximum absolute atomic E-state index is 11.0. The van der Waals surface area contributed by atoms with Gasteiger partial charge in [0.1, 0.15) is 5.75 Å². The van der Waals surface area contributed by atoms with Crippen LogP contribution in [0.5, 0.6) is 5.75 Å². The second kappa shape index (κ2) is 4.89. The number of rotatable bonds is 2. The molecule has 1 heterocycles. The van der Waals surface area contributed by atoms with Crippen LogP contribution in [-0.2, 0) is 7.05 Å². The lowest BCUT2D eigenvalue weighted by Gasteiger charge is -2.09. The number of aromatic nitrogens is 2. The highest BCUT2D eigenvalue weighted by Crippen LogP contribution is 2.37. The summed E-state index contributed by atoms with van der Waals surface area (Å²) in [4.78, 5) is 11.0. The molecule has 0 aliphatic carbocycles. The Labute approximate surface area is 128 Å². The van der Waals surface area contributed by atoms with Gasteiger partial charge in [0.15, 0.2) is 5.69 Å². The van der Waals surface area contributed by atoms with Gasteiger partial charge in [-0.1, -0.05) is 28.1 Å². The fraction of sp³-hybridized carbons (Fsp3) is 0.0667. The van der Waals surface area contributed by atoms with Gasteiger partial charge in [0, 0.05) is 17.1 Å². The molecule has 3 rings (SSSR count). The summed E-state index contributed by atoms with van der Waals surface area (Å²) in [5.41, 5.74) is 1.07. The number of phenolic OH excluding ortho intramolecular Hbond substituents is 1. The van der Waals surface area contributed by atoms with Gasteiger partial charge in [-0.05, 0) is 35.0 Å². The Morgan fingerprint density at radius 2 is 2.00 bits per heavy atom. The Kier molecular flexibility index (Phi) is 3.17. The molecule has 6 heteroatoms. The molecule has 0 unspecified atom stereocenters. The zero-order valence-electron chi connectivity index (χ0n) is 11.0. The van der Waals surface area contributed by atoms with Gasteiger partial charge in [0.2, 0.25) is 0 Å². The van der Waals surface area contributed by atoms with Crippen LogP contribution in [0.25, 0.3) is 22.0 Å². The summed E-state index contributed by atoms with van der Waals surface area (Å²) in [5.74, 6) is -1.01. The minimum absolute atomic E-state index is 0.0546. The van der Waals surface area contributed by atoms with Crippen molar-refractivity contribution in [2.45, 2.75) is 0 Å². The van der Waals surface area contributed by atoms with E-state index < -0.39 is 5.97 Å². The fourth-order valence-corrected chi connectivity index (χ4v) is 2.74. The summed E-state index contributed by atoms with van der Waals surface area (Å²) in [6, 6.07) is 10.6. The zero-order chi connectivity index (χ0) is 15.1. The lowest BCUT2D eigenvalue weighted by molar-refractivity contribution is 0.0689. The maximum Gasteiger partial charge on any atom is 0.356 e. The fourth-order valence-electron chi connectivity index (χ4n) is 2.36. The van der Waals surface area contributed by atoms with Gasteiger partial charge in [-0.2, -0.15) is 5.10 Å². The van der Waals surface area contributed by atoms with Crippen molar-refractivity contribution >= 4 is 32.7 Å². The topological polar surface area (TPSA) is 75.4 Å². The van der Waals surface area contributed by atoms with Gasteiger partial charge in [0.25, 0.3) is 0 Å². The van der Waals surface area contributed by atoms with E-state index in [1.165, 1.54) is 10.7 Å². The molecule has 1 aromatic heterocycles. The van der Waals surface area contributed by atoms with Crippen molar-refractivity contribution < 1.29 is 15.0 Å². The molecule has 21 heavy (non-hydrogen) atoms. The summed E-state index contributed by atoms with van der Waals surface area (Å²) in [6.45, 7) is 0. The van der Waals surface area contributed by atoms with Crippen molar-refractivity contribution in [3.8, 4) is 17.0 Å². The molecule has 0 atom stereocenters. The van der Waals surface area contributed by atoms with Crippen molar-refractivity contribution in [3.05, 3.63) is 46.6 Å². The predicted molar refractivity (Wildman–Crippen MR) is 82.5 cm³/mol. The van der Waals surface area contributed by atoms with Gasteiger partial charge in [-0.25, -0.2) is 4.79 Å². The number of aromatic hydroxyl groups is 1. The van der Waals surface area contributed by atoms with E-state index in [4.69, 9.17) is 5.11 Å². The number of nitrogens with zero attached hydrogens (tertiary/aromatic N) is 2. The van der Waals surface area contributed by atoms with E-state index in [1.54, 1.807) is 13.1 Å². The molecule has 3 aromatic rings. The first-order chi connectivity index (χ1) is 9.97. The van der Waals surface area contributed by atoms with Gasteiger partial charge in [-0.15, -0.1) is 0 Å². The summed E-state index contributed by atoms with van der Waals surface area (Å²) in [7, 11) is 1.65. The van der Waals surface area contributed by atoms with Crippen molar-refractivity contribution in [1.29, 1.82) is 0 Å². The quantitative estimate of drug-likeness (QED) is 0.745. The molecule has 0 aliphatic rings. The number of carboxylic acids is 1. The Bertz CT molecular complexity index is 871. The molecule has 0 saturated heterocycles. The summed E-state index contributed by atoms with van der Waals surface area (Å²) < 4.78 is 2.39. The maximum atomic E-state index is 11.0. The van der Waals surface area contributed by atoms with E-state index in [-0.39, 0.29) is 11.4 Å². The van der Waals surface area contributed by atoms with E-state index in [1.807, 2.05) is 24.3 Å². The minimum Gasteiger partial charge on any atom is -0.507 e. The number of carbonyl (C=O) groups is 1. The summed E-state index contributed by atoms with van der Waals surface area (Å²) in [5, 5.41) is 25.0. The Hall–Kier alpha value is -2.34. The third kappa shape index (κ3) is 2.27. The first-order valence-electron chi connectivity index (χ1n) is 6.16. The molecule has 106 valence electrons. The number of benzene rings is 2. The number of aromatic carboxylic acids is 1. The van der Waals surface area contributed by atoms with E-state index in [0.29, 0.717) is 11.3 Å². The molecule has 0 spiro atoms. The van der Waals surface area contributed by atoms with Crippen LogP contribution >= 0.6 is 15.9 Å². The van der Waals surface area contributed by atoms with Crippen LogP contribution in [0.3, 0.4) is 0 Å². The number of carboxylic acid groups (broad SMARTS) is 1. The SMILES string of the molecule is Cn1nc(C(=O)O)cc1-c1c(O)ccc2cc(Br)ccc12. The zero-order valence-corrected chi connectivity index (χ0v) is 12.6. The van der Waals surface area contributed by atoms with Crippen LogP contribution in [0.1, 0.15) is 10.5 Å². The molecule has 0 radical (unpaired) electrons. The molecule has 0 amide bonds. The second-order valence-corrected chi connectivity index (χ2v) is 5.58. The molecule has 2 aromatic carbocycles. The van der Waals surface area contributed by atoms with Crippen LogP contribution in [0.2, 0.25) is 0 Å². The van der Waals surface area contributed by atoms with Gasteiger partial charge in [0.05, 0.1) is 5.69 Å². The smallest absolute Gasteiger partial charge is 0.356 e. The largest absolute Gasteiger partial charge is 0.507 e. The van der Waals surface area contributed by atoms with Gasteiger partial charge >= 0.3 is 5.97 Å². The highest BCUT2D eigenvalue weighted by atomic mass is 79.9. The van der Waals surface area contributed by atoms with Crippen LogP contribution in [0, 0.1) is 0 Å². The standard InChI is InChI=1S/C15H11BrN2O3/c1-18-12(7-11(17-18)15(20)21)14-10-4-3-9(16)6-8(10)2-5-13(14)19/h2-7,19H,1H3,(H,20,21). The first kappa shape index (κ1) is 13.6. The summed E-state index contributed by atoms with van der Waals surface area (Å²) in [6.07, 6.45) is 0. The van der Waals surface area contributed by atoms with Gasteiger partial charge in [-0.3, -0.25) is 4.68 Å². The number of phenols is 1. The number of fused-ring (bicyclic) bond motifs is 1. The summed E-state index contributed by atoms with van der Waals surface area (Å²) >= 11 is 3.41.